The quantitative estimate of drug-likeness (QED) is 0.232. The van der Waals surface area contributed by atoms with Crippen LogP contribution in [0.2, 0.25) is 0 Å². The summed E-state index contributed by atoms with van der Waals surface area (Å²) in [5, 5.41) is 0. The number of para-hydroxylation sites is 2. The number of nitrogens with zero attached hydrogens (tertiary/aromatic N) is 2. The fourth-order valence-electron chi connectivity index (χ4n) is 6.76. The SMILES string of the molecule is COc1c(C(C)(C)C)cc(C)cc1C(C)(C)C1=[C]([Sc]([CH2]c2ccccc2N(C)C)[CH2]c2ccccc2N(C)C)C=CC1. The van der Waals surface area contributed by atoms with Gasteiger partial charge >= 0.3 is 265 Å². The summed E-state index contributed by atoms with van der Waals surface area (Å²) in [5.41, 5.74) is 11.0. The molecule has 0 atom stereocenters. The molecule has 0 aliphatic heterocycles. The molecule has 1 aliphatic carbocycles. The van der Waals surface area contributed by atoms with Gasteiger partial charge < -0.3 is 0 Å². The van der Waals surface area contributed by atoms with Crippen molar-refractivity contribution < 1.29 is 26.2 Å². The topological polar surface area (TPSA) is 15.7 Å². The number of rotatable bonds is 10. The van der Waals surface area contributed by atoms with E-state index in [-0.39, 0.29) is 10.8 Å². The third-order valence-corrected chi connectivity index (χ3v) is 14.1. The zero-order valence-electron chi connectivity index (χ0n) is 27.9. The molecule has 0 aromatic heterocycles. The summed E-state index contributed by atoms with van der Waals surface area (Å²) in [6.45, 7) is 14.0. The molecule has 4 rings (SSSR count). The van der Waals surface area contributed by atoms with E-state index >= 15 is 0 Å². The van der Waals surface area contributed by atoms with Crippen LogP contribution in [0.1, 0.15) is 68.9 Å². The summed E-state index contributed by atoms with van der Waals surface area (Å²) in [6, 6.07) is 22.7. The predicted molar refractivity (Wildman–Crippen MR) is 179 cm³/mol. The van der Waals surface area contributed by atoms with Crippen LogP contribution in [-0.2, 0) is 40.6 Å². The van der Waals surface area contributed by atoms with Crippen molar-refractivity contribution in [2.75, 3.05) is 45.1 Å². The van der Waals surface area contributed by atoms with E-state index in [1.54, 1.807) is 8.90 Å². The van der Waals surface area contributed by atoms with Crippen molar-refractivity contribution in [1.82, 2.24) is 0 Å². The van der Waals surface area contributed by atoms with E-state index in [1.807, 2.05) is 7.11 Å². The Morgan fingerprint density at radius 2 is 1.26 bits per heavy atom. The van der Waals surface area contributed by atoms with Crippen LogP contribution in [-0.4, -0.2) is 35.3 Å². The summed E-state index contributed by atoms with van der Waals surface area (Å²) in [4.78, 5) is 4.55. The molecular weight excluding hydrogens is 545 g/mol. The molecule has 1 aliphatic rings. The van der Waals surface area contributed by atoms with Gasteiger partial charge in [0.2, 0.25) is 0 Å². The summed E-state index contributed by atoms with van der Waals surface area (Å²) < 4.78 is 10.2. The number of anilines is 2. The molecule has 3 nitrogen and oxygen atoms in total. The maximum atomic E-state index is 6.24. The molecule has 0 saturated carbocycles. The average molecular weight is 597 g/mol. The van der Waals surface area contributed by atoms with E-state index in [0.29, 0.717) is 0 Å². The summed E-state index contributed by atoms with van der Waals surface area (Å²) in [6.07, 6.45) is 5.94. The van der Waals surface area contributed by atoms with Gasteiger partial charge in [-0.25, -0.2) is 0 Å². The van der Waals surface area contributed by atoms with E-state index in [1.165, 1.54) is 47.5 Å². The monoisotopic (exact) mass is 596 g/mol. The molecule has 0 amide bonds. The normalized spacial score (nSPS) is 13.5. The number of hydrogen-bond acceptors (Lipinski definition) is 3. The fraction of sp³-hybridized carbons (Fsp3) is 0.421. The molecule has 0 heterocycles. The van der Waals surface area contributed by atoms with Crippen LogP contribution in [0.5, 0.6) is 5.75 Å². The van der Waals surface area contributed by atoms with Gasteiger partial charge in [0.1, 0.15) is 0 Å². The number of hydrogen-bond donors (Lipinski definition) is 0. The minimum atomic E-state index is -2.20. The maximum absolute atomic E-state index is 6.24. The molecule has 0 N–H and O–H groups in total. The van der Waals surface area contributed by atoms with Crippen LogP contribution in [0, 0.1) is 6.92 Å². The predicted octanol–water partition coefficient (Wildman–Crippen LogP) is 8.94. The number of benzene rings is 3. The number of methoxy groups -OCH3 is 1. The Balaban J connectivity index is 1.91. The fourth-order valence-corrected chi connectivity index (χ4v) is 12.6. The van der Waals surface area contributed by atoms with Crippen LogP contribution in [0.15, 0.2) is 81.7 Å². The van der Waals surface area contributed by atoms with Crippen LogP contribution in [0.4, 0.5) is 11.4 Å². The third kappa shape index (κ3) is 6.80. The Morgan fingerprint density at radius 1 is 0.762 bits per heavy atom. The van der Waals surface area contributed by atoms with E-state index < -0.39 is 21.4 Å². The van der Waals surface area contributed by atoms with Crippen molar-refractivity contribution in [2.24, 2.45) is 0 Å². The molecule has 0 saturated heterocycles. The van der Waals surface area contributed by atoms with Crippen molar-refractivity contribution >= 4 is 11.4 Å². The molecule has 4 heteroatoms. The van der Waals surface area contributed by atoms with Gasteiger partial charge in [-0.05, 0) is 0 Å². The molecule has 0 bridgehead atoms. The van der Waals surface area contributed by atoms with Crippen LogP contribution < -0.4 is 14.5 Å². The Morgan fingerprint density at radius 3 is 1.74 bits per heavy atom. The van der Waals surface area contributed by atoms with Gasteiger partial charge in [-0.1, -0.05) is 0 Å². The van der Waals surface area contributed by atoms with Gasteiger partial charge in [-0.2, -0.15) is 0 Å². The summed E-state index contributed by atoms with van der Waals surface area (Å²) in [5.74, 6) is 1.05. The van der Waals surface area contributed by atoms with Gasteiger partial charge in [0, 0.05) is 0 Å². The van der Waals surface area contributed by atoms with Crippen LogP contribution >= 0.6 is 0 Å². The van der Waals surface area contributed by atoms with Crippen molar-refractivity contribution in [3.63, 3.8) is 0 Å². The molecule has 0 radical (unpaired) electrons. The number of allylic oxidation sites excluding steroid dienone is 4. The molecule has 222 valence electrons. The molecular formula is C38H51N2OSc. The first kappa shape index (κ1) is 32.3. The van der Waals surface area contributed by atoms with Crippen molar-refractivity contribution in [1.29, 1.82) is 0 Å². The average Bonchev–Trinajstić information content (AvgIpc) is 3.43. The minimum absolute atomic E-state index is 0.000539. The van der Waals surface area contributed by atoms with Gasteiger partial charge in [-0.15, -0.1) is 0 Å². The zero-order chi connectivity index (χ0) is 30.8. The van der Waals surface area contributed by atoms with Gasteiger partial charge in [0.05, 0.1) is 0 Å². The Bertz CT molecular complexity index is 1420. The summed E-state index contributed by atoms with van der Waals surface area (Å²) >= 11 is -2.20. The Kier molecular flexibility index (Phi) is 9.97. The zero-order valence-corrected chi connectivity index (χ0v) is 29.7. The molecule has 3 aromatic rings. The Hall–Kier alpha value is -2.59. The van der Waals surface area contributed by atoms with Crippen molar-refractivity contribution in [3.8, 4) is 5.75 Å². The number of aryl methyl sites for hydroxylation is 1. The molecule has 0 unspecified atom stereocenters. The second kappa shape index (κ2) is 13.0. The van der Waals surface area contributed by atoms with Crippen LogP contribution in [0.3, 0.4) is 0 Å². The summed E-state index contributed by atoms with van der Waals surface area (Å²) in [7, 11) is 10.5. The second-order valence-electron chi connectivity index (χ2n) is 14.0. The molecule has 3 aromatic carbocycles. The Labute approximate surface area is 263 Å². The van der Waals surface area contributed by atoms with Gasteiger partial charge in [-0.3, -0.25) is 0 Å². The molecule has 0 fully saturated rings. The van der Waals surface area contributed by atoms with Gasteiger partial charge in [0.25, 0.3) is 0 Å². The van der Waals surface area contributed by atoms with Crippen LogP contribution in [0.25, 0.3) is 0 Å². The van der Waals surface area contributed by atoms with E-state index in [9.17, 15) is 0 Å². The van der Waals surface area contributed by atoms with Crippen molar-refractivity contribution in [2.45, 2.75) is 67.1 Å². The van der Waals surface area contributed by atoms with E-state index in [4.69, 9.17) is 4.74 Å². The second-order valence-corrected chi connectivity index (χ2v) is 18.4. The van der Waals surface area contributed by atoms with E-state index in [0.717, 1.165) is 12.2 Å². The van der Waals surface area contributed by atoms with Crippen molar-refractivity contribution in [3.05, 3.63) is 110 Å². The number of ether oxygens (including phenoxy) is 1. The van der Waals surface area contributed by atoms with Gasteiger partial charge in [0.15, 0.2) is 0 Å². The first-order valence-electron chi connectivity index (χ1n) is 15.4. The van der Waals surface area contributed by atoms with E-state index in [2.05, 4.69) is 152 Å². The third-order valence-electron chi connectivity index (χ3n) is 8.96. The molecule has 42 heavy (non-hydrogen) atoms. The standard InChI is InChI=1S/C20H27O.2C9H12N.Sc/c1-14-12-16(19(2,3)4)18(21-7)17(13-14)20(5,6)15-10-8-9-11-15;2*1-8-6-4-5-7-9(8)10(2)3;/h8-9,12-13H,10H2,1-7H3;2*4-7H,1H2,2-3H3;. The first-order valence-corrected chi connectivity index (χ1v) is 18.8. The molecule has 0 spiro atoms. The first-order chi connectivity index (χ1) is 19.8.